The van der Waals surface area contributed by atoms with Crippen molar-refractivity contribution >= 4 is 69.3 Å². The molecule has 34 heavy (non-hydrogen) atoms. The number of aliphatic imine (C=N–C) groups is 1. The molecule has 2 aliphatic rings. The Bertz CT molecular complexity index is 1260. The highest BCUT2D eigenvalue weighted by atomic mass is 32.2. The van der Waals surface area contributed by atoms with E-state index in [4.69, 9.17) is 12.2 Å². The zero-order valence-electron chi connectivity index (χ0n) is 18.1. The first-order chi connectivity index (χ1) is 16.3. The van der Waals surface area contributed by atoms with Crippen LogP contribution in [0.4, 0.5) is 11.4 Å². The largest absolute Gasteiger partial charge is 0.465 e. The van der Waals surface area contributed by atoms with Crippen molar-refractivity contribution in [1.29, 1.82) is 0 Å². The molecule has 0 aliphatic carbocycles. The molecule has 0 saturated carbocycles. The van der Waals surface area contributed by atoms with Crippen molar-refractivity contribution in [1.82, 2.24) is 10.2 Å². The van der Waals surface area contributed by atoms with Crippen molar-refractivity contribution in [3.8, 4) is 0 Å². The second-order valence-corrected chi connectivity index (χ2v) is 8.61. The molecule has 3 amide bonds. The molecular weight excluding hydrogens is 476 g/mol. The minimum Gasteiger partial charge on any atom is -0.465 e. The highest BCUT2D eigenvalue weighted by molar-refractivity contribution is 8.18. The fourth-order valence-electron chi connectivity index (χ4n) is 3.28. The number of likely N-dealkylation sites (N-methyl/N-ethyl adjacent to an activating group) is 1. The summed E-state index contributed by atoms with van der Waals surface area (Å²) in [5.41, 5.74) is 1.41. The van der Waals surface area contributed by atoms with Crippen LogP contribution in [0.25, 0.3) is 0 Å². The van der Waals surface area contributed by atoms with Gasteiger partial charge in [0.2, 0.25) is 11.8 Å². The minimum atomic E-state index is -1.23. The van der Waals surface area contributed by atoms with E-state index in [2.05, 4.69) is 15.0 Å². The molecule has 2 heterocycles. The molecule has 0 spiro atoms. The maximum absolute atomic E-state index is 13.1. The molecule has 0 aromatic heterocycles. The Kier molecular flexibility index (Phi) is 6.57. The van der Waals surface area contributed by atoms with E-state index in [0.717, 1.165) is 11.8 Å². The van der Waals surface area contributed by atoms with Crippen LogP contribution in [0.3, 0.4) is 0 Å². The highest BCUT2D eigenvalue weighted by Gasteiger charge is 2.40. The average molecular weight is 495 g/mol. The monoisotopic (exact) mass is 494 g/mol. The molecule has 0 radical (unpaired) electrons. The molecule has 2 fully saturated rings. The van der Waals surface area contributed by atoms with Crippen LogP contribution < -0.4 is 10.2 Å². The molecule has 9 nitrogen and oxygen atoms in total. The van der Waals surface area contributed by atoms with Crippen LogP contribution in [-0.4, -0.2) is 53.0 Å². The van der Waals surface area contributed by atoms with E-state index in [1.807, 2.05) is 0 Å². The number of ether oxygens (including phenoxy) is 1. The van der Waals surface area contributed by atoms with E-state index in [0.29, 0.717) is 22.1 Å². The van der Waals surface area contributed by atoms with Crippen molar-refractivity contribution in [3.63, 3.8) is 0 Å². The van der Waals surface area contributed by atoms with Crippen LogP contribution in [0, 0.1) is 5.92 Å². The third-order valence-electron chi connectivity index (χ3n) is 5.05. The van der Waals surface area contributed by atoms with Gasteiger partial charge in [-0.05, 0) is 66.5 Å². The first-order valence-electron chi connectivity index (χ1n) is 9.99. The number of hydrogen-bond acceptors (Lipinski definition) is 8. The number of nitrogens with one attached hydrogen (secondary N) is 1. The van der Waals surface area contributed by atoms with Crippen LogP contribution >= 0.6 is 24.0 Å². The fraction of sp³-hybridized carbons (Fsp3) is 0.130. The fourth-order valence-corrected chi connectivity index (χ4v) is 4.57. The Morgan fingerprint density at radius 2 is 1.79 bits per heavy atom. The number of anilines is 1. The summed E-state index contributed by atoms with van der Waals surface area (Å²) < 4.78 is 4.68. The van der Waals surface area contributed by atoms with Gasteiger partial charge in [-0.2, -0.15) is 0 Å². The number of hydrogen-bond donors (Lipinski definition) is 1. The van der Waals surface area contributed by atoms with E-state index >= 15 is 0 Å². The van der Waals surface area contributed by atoms with E-state index in [1.165, 1.54) is 23.0 Å². The van der Waals surface area contributed by atoms with Crippen molar-refractivity contribution in [2.24, 2.45) is 10.9 Å². The van der Waals surface area contributed by atoms with Gasteiger partial charge in [0.15, 0.2) is 10.3 Å². The number of nitrogens with zero attached hydrogens (tertiary/aromatic N) is 3. The van der Waals surface area contributed by atoms with Crippen molar-refractivity contribution in [2.45, 2.75) is 0 Å². The summed E-state index contributed by atoms with van der Waals surface area (Å²) in [7, 11) is 2.84. The second kappa shape index (κ2) is 9.57. The number of amides is 3. The molecule has 2 saturated heterocycles. The van der Waals surface area contributed by atoms with Gasteiger partial charge in [0.25, 0.3) is 5.91 Å². The third-order valence-corrected chi connectivity index (χ3v) is 6.41. The Morgan fingerprint density at radius 1 is 1.12 bits per heavy atom. The van der Waals surface area contributed by atoms with Gasteiger partial charge in [0.1, 0.15) is 5.92 Å². The van der Waals surface area contributed by atoms with Crippen LogP contribution in [0.2, 0.25) is 0 Å². The SMILES string of the molecule is COC(=O)c1ccc(N=C2S/C(=C\C3C(=O)NC(=S)N(c4ccccc4)C3=O)C(=O)N2C)cc1. The molecule has 2 aliphatic heterocycles. The van der Waals surface area contributed by atoms with E-state index in [1.54, 1.807) is 61.6 Å². The summed E-state index contributed by atoms with van der Waals surface area (Å²) in [6.07, 6.45) is 1.34. The van der Waals surface area contributed by atoms with E-state index < -0.39 is 29.6 Å². The first-order valence-corrected chi connectivity index (χ1v) is 11.2. The van der Waals surface area contributed by atoms with Gasteiger partial charge in [0.05, 0.1) is 29.0 Å². The maximum atomic E-state index is 13.1. The molecule has 172 valence electrons. The predicted molar refractivity (Wildman–Crippen MR) is 131 cm³/mol. The molecule has 11 heteroatoms. The summed E-state index contributed by atoms with van der Waals surface area (Å²) >= 11 is 6.23. The predicted octanol–water partition coefficient (Wildman–Crippen LogP) is 2.61. The number of amidine groups is 1. The van der Waals surface area contributed by atoms with E-state index in [9.17, 15) is 19.2 Å². The smallest absolute Gasteiger partial charge is 0.337 e. The van der Waals surface area contributed by atoms with Gasteiger partial charge < -0.3 is 10.1 Å². The summed E-state index contributed by atoms with van der Waals surface area (Å²) in [5, 5.41) is 2.87. The van der Waals surface area contributed by atoms with Gasteiger partial charge in [-0.1, -0.05) is 18.2 Å². The summed E-state index contributed by atoms with van der Waals surface area (Å²) in [4.78, 5) is 57.3. The Labute approximate surface area is 204 Å². The highest BCUT2D eigenvalue weighted by Crippen LogP contribution is 2.33. The molecule has 0 bridgehead atoms. The topological polar surface area (TPSA) is 108 Å². The lowest BCUT2D eigenvalue weighted by molar-refractivity contribution is -0.131. The maximum Gasteiger partial charge on any atom is 0.337 e. The molecule has 1 unspecified atom stereocenters. The second-order valence-electron chi connectivity index (χ2n) is 7.21. The van der Waals surface area contributed by atoms with Crippen LogP contribution in [-0.2, 0) is 19.1 Å². The number of esters is 1. The Morgan fingerprint density at radius 3 is 2.44 bits per heavy atom. The number of para-hydroxylation sites is 1. The Balaban J connectivity index is 1.59. The standard InChI is InChI=1S/C23H18N4O5S2/c1-26-20(30)17(34-23(26)24-14-10-8-13(9-11-14)21(31)32-2)12-16-18(28)25-22(33)27(19(16)29)15-6-4-3-5-7-15/h3-12,16H,1-2H3,(H,25,28,33)/b17-12-,24-23?. The van der Waals surface area contributed by atoms with Gasteiger partial charge in [-0.15, -0.1) is 0 Å². The third kappa shape index (κ3) is 4.47. The first kappa shape index (κ1) is 23.3. The van der Waals surface area contributed by atoms with Gasteiger partial charge in [0, 0.05) is 7.05 Å². The zero-order valence-corrected chi connectivity index (χ0v) is 19.7. The molecular formula is C23H18N4O5S2. The summed E-state index contributed by atoms with van der Waals surface area (Å²) in [5.74, 6) is -3.24. The normalized spacial score (nSPS) is 20.8. The lowest BCUT2D eigenvalue weighted by Crippen LogP contribution is -2.57. The van der Waals surface area contributed by atoms with Gasteiger partial charge in [-0.25, -0.2) is 9.79 Å². The summed E-state index contributed by atoms with van der Waals surface area (Å²) in [6.45, 7) is 0. The van der Waals surface area contributed by atoms with Crippen molar-refractivity contribution in [2.75, 3.05) is 19.1 Å². The quantitative estimate of drug-likeness (QED) is 0.301. The van der Waals surface area contributed by atoms with Crippen LogP contribution in [0.15, 0.2) is 70.6 Å². The van der Waals surface area contributed by atoms with Crippen LogP contribution in [0.1, 0.15) is 10.4 Å². The summed E-state index contributed by atoms with van der Waals surface area (Å²) in [6, 6.07) is 15.1. The van der Waals surface area contributed by atoms with Gasteiger partial charge >= 0.3 is 5.97 Å². The molecule has 1 N–H and O–H groups in total. The lowest BCUT2D eigenvalue weighted by atomic mass is 10.0. The number of benzene rings is 2. The number of rotatable bonds is 4. The van der Waals surface area contributed by atoms with E-state index in [-0.39, 0.29) is 10.0 Å². The van der Waals surface area contributed by atoms with Crippen molar-refractivity contribution < 1.29 is 23.9 Å². The minimum absolute atomic E-state index is 0.0176. The lowest BCUT2D eigenvalue weighted by Gasteiger charge is -2.31. The van der Waals surface area contributed by atoms with Gasteiger partial charge in [-0.3, -0.25) is 24.2 Å². The zero-order chi connectivity index (χ0) is 24.4. The molecule has 4 rings (SSSR count). The number of carbonyl (C=O) groups is 4. The van der Waals surface area contributed by atoms with Crippen LogP contribution in [0.5, 0.6) is 0 Å². The number of thioether (sulfide) groups is 1. The molecule has 2 aromatic rings. The number of carbonyl (C=O) groups excluding carboxylic acids is 4. The molecule has 1 atom stereocenters. The average Bonchev–Trinajstić information content (AvgIpc) is 3.10. The number of thiocarbonyl (C=S) groups is 1. The number of methoxy groups -OCH3 is 1. The molecule has 2 aromatic carbocycles. The van der Waals surface area contributed by atoms with Crippen molar-refractivity contribution in [3.05, 3.63) is 71.1 Å². The Hall–Kier alpha value is -3.83.